The number of nitrogens with zero attached hydrogens (tertiary/aromatic N) is 2. The van der Waals surface area contributed by atoms with E-state index in [1.165, 1.54) is 27.4 Å². The lowest BCUT2D eigenvalue weighted by Gasteiger charge is -2.04. The predicted octanol–water partition coefficient (Wildman–Crippen LogP) is 8.93. The van der Waals surface area contributed by atoms with Crippen LogP contribution in [-0.4, -0.2) is 44.7 Å². The number of rotatable bonds is 9. The molecule has 6 aromatic rings. The Morgan fingerprint density at radius 3 is 1.51 bits per heavy atom. The zero-order valence-electron chi connectivity index (χ0n) is 23.2. The molecular formula is C30H30Cl2N4O3S4. The highest BCUT2D eigenvalue weighted by Crippen LogP contribution is 2.36. The monoisotopic (exact) mass is 692 g/mol. The third kappa shape index (κ3) is 8.53. The van der Waals surface area contributed by atoms with Crippen molar-refractivity contribution in [2.75, 3.05) is 13.4 Å². The van der Waals surface area contributed by atoms with Gasteiger partial charge < -0.3 is 15.1 Å². The minimum absolute atomic E-state index is 0. The fourth-order valence-corrected chi connectivity index (χ4v) is 7.05. The number of H-pyrrole nitrogens is 2. The summed E-state index contributed by atoms with van der Waals surface area (Å²) in [5, 5.41) is 21.0. The standard InChI is InChI=1S/C15H13ClN2OS2.C15H13ClN2S2.2H2O/c1-19-21-9-12-14(10-4-6-11(16)7-5-10)17-18-15(12)13-3-2-8-20-13;1-19-9-12-14(10-4-6-11(16)7-5-10)17-18-15(12)13-3-2-8-20-13;;/h2-8H,9H2,1H3,(H,17,18);2-8H,9H2,1H3,(H,17,18);2*1H2. The Morgan fingerprint density at radius 2 is 1.14 bits per heavy atom. The average molecular weight is 694 g/mol. The van der Waals surface area contributed by atoms with Crippen LogP contribution in [0.2, 0.25) is 10.0 Å². The molecule has 13 heteroatoms. The third-order valence-corrected chi connectivity index (χ3v) is 9.61. The largest absolute Gasteiger partial charge is 0.412 e. The zero-order chi connectivity index (χ0) is 28.6. The Labute approximate surface area is 276 Å². The van der Waals surface area contributed by atoms with E-state index >= 15 is 0 Å². The fourth-order valence-electron chi connectivity index (χ4n) is 4.22. The van der Waals surface area contributed by atoms with Crippen LogP contribution in [0.1, 0.15) is 11.1 Å². The van der Waals surface area contributed by atoms with Crippen LogP contribution in [0.4, 0.5) is 0 Å². The second-order valence-corrected chi connectivity index (χ2v) is 13.2. The summed E-state index contributed by atoms with van der Waals surface area (Å²) in [5.74, 6) is 1.67. The molecule has 0 aliphatic heterocycles. The first kappa shape index (κ1) is 34.9. The number of thioether (sulfide) groups is 1. The number of nitrogens with one attached hydrogen (secondary N) is 2. The predicted molar refractivity (Wildman–Crippen MR) is 187 cm³/mol. The highest BCUT2D eigenvalue weighted by atomic mass is 35.5. The Hall–Kier alpha value is -2.58. The van der Waals surface area contributed by atoms with Crippen LogP contribution in [0.15, 0.2) is 83.6 Å². The molecule has 4 heterocycles. The van der Waals surface area contributed by atoms with Crippen molar-refractivity contribution in [3.8, 4) is 43.7 Å². The van der Waals surface area contributed by atoms with Crippen molar-refractivity contribution in [2.24, 2.45) is 0 Å². The summed E-state index contributed by atoms with van der Waals surface area (Å²) in [4.78, 5) is 2.40. The van der Waals surface area contributed by atoms with E-state index < -0.39 is 0 Å². The molecule has 0 atom stereocenters. The summed E-state index contributed by atoms with van der Waals surface area (Å²) < 4.78 is 5.15. The lowest BCUT2D eigenvalue weighted by Crippen LogP contribution is -1.87. The lowest BCUT2D eigenvalue weighted by atomic mass is 10.1. The van der Waals surface area contributed by atoms with Crippen molar-refractivity contribution < 1.29 is 15.1 Å². The normalized spacial score (nSPS) is 10.4. The van der Waals surface area contributed by atoms with Gasteiger partial charge in [-0.3, -0.25) is 10.2 Å². The molecule has 0 spiro atoms. The van der Waals surface area contributed by atoms with Crippen LogP contribution in [0, 0.1) is 0 Å². The summed E-state index contributed by atoms with van der Waals surface area (Å²) in [6.45, 7) is 0. The van der Waals surface area contributed by atoms with Gasteiger partial charge in [0.05, 0.1) is 39.6 Å². The van der Waals surface area contributed by atoms with E-state index in [9.17, 15) is 0 Å². The summed E-state index contributed by atoms with van der Waals surface area (Å²) in [6, 6.07) is 23.9. The molecule has 0 fully saturated rings. The first-order valence-corrected chi connectivity index (χ1v) is 17.3. The number of thiophene rings is 2. The van der Waals surface area contributed by atoms with Gasteiger partial charge in [0.25, 0.3) is 0 Å². The van der Waals surface area contributed by atoms with Crippen LogP contribution in [0.3, 0.4) is 0 Å². The number of hydrogen-bond acceptors (Lipinski definition) is 7. The maximum Gasteiger partial charge on any atom is 0.0968 e. The third-order valence-electron chi connectivity index (χ3n) is 6.11. The summed E-state index contributed by atoms with van der Waals surface area (Å²) in [5.41, 5.74) is 8.68. The number of hydrogen-bond donors (Lipinski definition) is 2. The quantitative estimate of drug-likeness (QED) is 0.146. The van der Waals surface area contributed by atoms with Crippen molar-refractivity contribution in [1.82, 2.24) is 20.4 Å². The van der Waals surface area contributed by atoms with Gasteiger partial charge in [-0.1, -0.05) is 59.6 Å². The minimum Gasteiger partial charge on any atom is -0.412 e. The second-order valence-electron chi connectivity index (χ2n) is 8.68. The van der Waals surface area contributed by atoms with Gasteiger partial charge in [0, 0.05) is 43.8 Å². The lowest BCUT2D eigenvalue weighted by molar-refractivity contribution is 0.489. The number of aromatic nitrogens is 4. The van der Waals surface area contributed by atoms with Gasteiger partial charge in [0.15, 0.2) is 0 Å². The van der Waals surface area contributed by atoms with Gasteiger partial charge in [-0.25, -0.2) is 0 Å². The van der Waals surface area contributed by atoms with Crippen LogP contribution < -0.4 is 0 Å². The Bertz CT molecular complexity index is 1660. The minimum atomic E-state index is 0. The van der Waals surface area contributed by atoms with Crippen LogP contribution in [0.5, 0.6) is 0 Å². The summed E-state index contributed by atoms with van der Waals surface area (Å²) in [7, 11) is 1.68. The maximum absolute atomic E-state index is 5.96. The molecule has 0 radical (unpaired) electrons. The first-order chi connectivity index (χ1) is 20.1. The zero-order valence-corrected chi connectivity index (χ0v) is 28.0. The van der Waals surface area contributed by atoms with Gasteiger partial charge >= 0.3 is 0 Å². The van der Waals surface area contributed by atoms with Gasteiger partial charge in [0.1, 0.15) is 0 Å². The maximum atomic E-state index is 5.96. The summed E-state index contributed by atoms with van der Waals surface area (Å²) >= 11 is 18.5. The molecule has 6 N–H and O–H groups in total. The highest BCUT2D eigenvalue weighted by Gasteiger charge is 2.18. The number of benzene rings is 2. The van der Waals surface area contributed by atoms with E-state index in [-0.39, 0.29) is 11.0 Å². The molecule has 0 bridgehead atoms. The summed E-state index contributed by atoms with van der Waals surface area (Å²) in [6.07, 6.45) is 2.11. The van der Waals surface area contributed by atoms with Crippen LogP contribution in [-0.2, 0) is 15.7 Å². The van der Waals surface area contributed by atoms with Crippen molar-refractivity contribution in [2.45, 2.75) is 11.5 Å². The van der Waals surface area contributed by atoms with Crippen LogP contribution in [0.25, 0.3) is 43.7 Å². The molecule has 0 aliphatic rings. The van der Waals surface area contributed by atoms with E-state index in [1.54, 1.807) is 41.5 Å². The van der Waals surface area contributed by atoms with Crippen LogP contribution >= 0.6 is 69.7 Å². The molecule has 226 valence electrons. The smallest absolute Gasteiger partial charge is 0.0968 e. The average Bonchev–Trinajstić information content (AvgIpc) is 3.80. The molecule has 43 heavy (non-hydrogen) atoms. The second kappa shape index (κ2) is 17.0. The van der Waals surface area contributed by atoms with E-state index in [1.807, 2.05) is 54.6 Å². The molecule has 0 aliphatic carbocycles. The number of aromatic amines is 2. The highest BCUT2D eigenvalue weighted by molar-refractivity contribution is 7.97. The molecular weight excluding hydrogens is 664 g/mol. The topological polar surface area (TPSA) is 130 Å². The molecule has 7 nitrogen and oxygen atoms in total. The van der Waals surface area contributed by atoms with Crippen molar-refractivity contribution in [1.29, 1.82) is 0 Å². The van der Waals surface area contributed by atoms with Gasteiger partial charge in [-0.05, 0) is 65.5 Å². The van der Waals surface area contributed by atoms with Crippen molar-refractivity contribution in [3.63, 3.8) is 0 Å². The molecule has 0 saturated heterocycles. The molecule has 6 rings (SSSR count). The molecule has 2 aromatic carbocycles. The Morgan fingerprint density at radius 1 is 0.698 bits per heavy atom. The van der Waals surface area contributed by atoms with Crippen molar-refractivity contribution >= 4 is 69.7 Å². The first-order valence-electron chi connectivity index (χ1n) is 12.5. The van der Waals surface area contributed by atoms with Gasteiger partial charge in [-0.15, -0.1) is 22.7 Å². The molecule has 0 saturated carbocycles. The van der Waals surface area contributed by atoms with E-state index in [0.717, 1.165) is 61.0 Å². The van der Waals surface area contributed by atoms with E-state index in [4.69, 9.17) is 27.4 Å². The van der Waals surface area contributed by atoms with Crippen molar-refractivity contribution in [3.05, 3.63) is 105 Å². The Balaban J connectivity index is 0.000000225. The fraction of sp³-hybridized carbons (Fsp3) is 0.133. The van der Waals surface area contributed by atoms with Gasteiger partial charge in [-0.2, -0.15) is 22.0 Å². The molecule has 0 amide bonds. The number of halogens is 2. The van der Waals surface area contributed by atoms with Gasteiger partial charge in [0.2, 0.25) is 0 Å². The van der Waals surface area contributed by atoms with E-state index in [2.05, 4.69) is 55.6 Å². The Kier molecular flexibility index (Phi) is 13.8. The SMILES string of the molecule is COSCc1c(-c2ccc(Cl)cc2)n[nH]c1-c1cccs1.CSCc1c(-c2ccc(Cl)cc2)n[nH]c1-c1cccs1.O.O. The molecule has 0 unspecified atom stereocenters. The van der Waals surface area contributed by atoms with E-state index in [0.29, 0.717) is 0 Å². The molecule has 4 aromatic heterocycles.